The molecule has 2 rings (SSSR count). The average Bonchev–Trinajstić information content (AvgIpc) is 2.70. The van der Waals surface area contributed by atoms with Gasteiger partial charge in [-0.3, -0.25) is 4.90 Å². The molecule has 2 aliphatic rings. The first-order valence-electron chi connectivity index (χ1n) is 5.99. The summed E-state index contributed by atoms with van der Waals surface area (Å²) < 4.78 is 18.3. The van der Waals surface area contributed by atoms with Crippen molar-refractivity contribution in [3.8, 4) is 6.07 Å². The molecule has 0 spiro atoms. The molecule has 0 aromatic carbocycles. The van der Waals surface area contributed by atoms with E-state index in [1.165, 1.54) is 6.08 Å². The molecular weight excluding hydrogens is 287 g/mol. The number of amidine groups is 1. The van der Waals surface area contributed by atoms with Crippen LogP contribution in [0.5, 0.6) is 0 Å². The molecule has 0 bridgehead atoms. The normalized spacial score (nSPS) is 42.8. The first-order valence-corrected chi connectivity index (χ1v) is 5.99. The van der Waals surface area contributed by atoms with Crippen molar-refractivity contribution in [1.82, 2.24) is 4.90 Å². The maximum atomic E-state index is 13.2. The Hall–Kier alpha value is -1.77. The Kier molecular flexibility index (Phi) is 3.87. The highest BCUT2D eigenvalue weighted by Gasteiger charge is 2.66. The lowest BCUT2D eigenvalue weighted by atomic mass is 9.94. The number of nitriles is 1. The molecule has 1 saturated heterocycles. The third-order valence-corrected chi connectivity index (χ3v) is 3.55. The number of aliphatic hydroxyl groups is 4. The van der Waals surface area contributed by atoms with E-state index in [0.717, 1.165) is 11.1 Å². The Morgan fingerprint density at radius 3 is 2.57 bits per heavy atom. The van der Waals surface area contributed by atoms with Gasteiger partial charge in [-0.2, -0.15) is 5.26 Å². The number of nitrogens with zero attached hydrogens (tertiary/aromatic N) is 3. The van der Waals surface area contributed by atoms with Gasteiger partial charge in [0, 0.05) is 6.20 Å². The van der Waals surface area contributed by atoms with Gasteiger partial charge in [-0.25, -0.2) is 9.38 Å². The number of halogens is 1. The number of hydrogen-bond acceptors (Lipinski definition) is 9. The summed E-state index contributed by atoms with van der Waals surface area (Å²) in [5.41, 5.74) is 0.883. The first kappa shape index (κ1) is 15.6. The van der Waals surface area contributed by atoms with E-state index in [0.29, 0.717) is 0 Å². The van der Waals surface area contributed by atoms with E-state index < -0.39 is 43.2 Å². The Labute approximate surface area is 119 Å². The van der Waals surface area contributed by atoms with E-state index in [4.69, 9.17) is 10.5 Å². The fourth-order valence-corrected chi connectivity index (χ4v) is 2.31. The van der Waals surface area contributed by atoms with Crippen molar-refractivity contribution < 1.29 is 29.6 Å². The van der Waals surface area contributed by atoms with Gasteiger partial charge in [-0.1, -0.05) is 0 Å². The summed E-state index contributed by atoms with van der Waals surface area (Å²) in [4.78, 5) is 4.35. The van der Waals surface area contributed by atoms with E-state index in [9.17, 15) is 30.1 Å². The Bertz CT molecular complexity index is 517. The van der Waals surface area contributed by atoms with Crippen LogP contribution in [-0.2, 0) is 4.74 Å². The van der Waals surface area contributed by atoms with Gasteiger partial charge in [0.05, 0.1) is 6.61 Å². The zero-order valence-corrected chi connectivity index (χ0v) is 10.8. The van der Waals surface area contributed by atoms with Crippen molar-refractivity contribution in [1.29, 1.82) is 5.26 Å². The third-order valence-electron chi connectivity index (χ3n) is 3.55. The molecule has 0 aromatic heterocycles. The second kappa shape index (κ2) is 5.21. The van der Waals surface area contributed by atoms with E-state index in [1.54, 1.807) is 6.07 Å². The highest BCUT2D eigenvalue weighted by Crippen LogP contribution is 2.42. The maximum absolute atomic E-state index is 13.2. The van der Waals surface area contributed by atoms with E-state index in [2.05, 4.69) is 4.99 Å². The van der Waals surface area contributed by atoms with Gasteiger partial charge in [0.1, 0.15) is 30.8 Å². The van der Waals surface area contributed by atoms with Crippen LogP contribution >= 0.6 is 0 Å². The second-order valence-corrected chi connectivity index (χ2v) is 4.78. The van der Waals surface area contributed by atoms with Crippen molar-refractivity contribution in [2.75, 3.05) is 13.3 Å². The minimum absolute atomic E-state index is 0.0289. The van der Waals surface area contributed by atoms with Gasteiger partial charge in [-0.15, -0.1) is 0 Å². The first-order chi connectivity index (χ1) is 9.86. The summed E-state index contributed by atoms with van der Waals surface area (Å²) in [5.74, 6) is -0.0289. The van der Waals surface area contributed by atoms with Gasteiger partial charge < -0.3 is 30.9 Å². The summed E-state index contributed by atoms with van der Waals surface area (Å²) in [6, 6.07) is 1.59. The van der Waals surface area contributed by atoms with Crippen LogP contribution < -0.4 is 5.73 Å². The smallest absolute Gasteiger partial charge is 0.263 e. The predicted molar refractivity (Wildman–Crippen MR) is 65.8 cm³/mol. The standard InChI is InChI=1S/C11H15FN4O5/c12-3-10(5-17)7(18)8(19)11(4-13,21-10)16-2-1-6(14)15-9(16)20/h1-2,7-9,17-20H,3,5H2,(H2,14,15)/t7-,8+,9?,10+,11+/m0/s1. The summed E-state index contributed by atoms with van der Waals surface area (Å²) in [7, 11) is 0. The summed E-state index contributed by atoms with van der Waals surface area (Å²) in [6.07, 6.45) is -3.12. The molecule has 2 aliphatic heterocycles. The average molecular weight is 302 g/mol. The fraction of sp³-hybridized carbons (Fsp3) is 0.636. The SMILES string of the molecule is N#C[C@@]1(N2C=CC(N)=NC2O)O[C@@](CO)(CF)[C@@H](O)[C@H]1O. The number of aliphatic hydroxyl groups excluding tert-OH is 4. The van der Waals surface area contributed by atoms with Crippen LogP contribution in [0.2, 0.25) is 0 Å². The number of ether oxygens (including phenoxy) is 1. The highest BCUT2D eigenvalue weighted by molar-refractivity contribution is 5.91. The molecule has 1 fully saturated rings. The molecular formula is C11H15FN4O5. The van der Waals surface area contributed by atoms with Crippen LogP contribution in [0.1, 0.15) is 0 Å². The molecule has 21 heavy (non-hydrogen) atoms. The zero-order chi connectivity index (χ0) is 15.8. The molecule has 116 valence electrons. The van der Waals surface area contributed by atoms with Crippen LogP contribution in [0.15, 0.2) is 17.3 Å². The molecule has 0 aliphatic carbocycles. The maximum Gasteiger partial charge on any atom is 0.263 e. The van der Waals surface area contributed by atoms with Crippen LogP contribution in [-0.4, -0.2) is 74.3 Å². The Balaban J connectivity index is 2.44. The summed E-state index contributed by atoms with van der Waals surface area (Å²) in [5, 5.41) is 48.5. The lowest BCUT2D eigenvalue weighted by Gasteiger charge is -2.39. The van der Waals surface area contributed by atoms with Crippen LogP contribution in [0.4, 0.5) is 4.39 Å². The van der Waals surface area contributed by atoms with Gasteiger partial charge in [0.2, 0.25) is 6.35 Å². The zero-order valence-electron chi connectivity index (χ0n) is 10.8. The van der Waals surface area contributed by atoms with Crippen molar-refractivity contribution in [3.63, 3.8) is 0 Å². The van der Waals surface area contributed by atoms with Crippen molar-refractivity contribution in [3.05, 3.63) is 12.3 Å². The van der Waals surface area contributed by atoms with Gasteiger partial charge >= 0.3 is 0 Å². The molecule has 2 heterocycles. The molecule has 0 saturated carbocycles. The minimum atomic E-state index is -2.33. The number of nitrogens with two attached hydrogens (primary N) is 1. The quantitative estimate of drug-likeness (QED) is 0.372. The molecule has 0 amide bonds. The number of hydrogen-bond donors (Lipinski definition) is 5. The van der Waals surface area contributed by atoms with Crippen molar-refractivity contribution >= 4 is 5.84 Å². The molecule has 0 radical (unpaired) electrons. The fourth-order valence-electron chi connectivity index (χ4n) is 2.31. The Morgan fingerprint density at radius 2 is 2.14 bits per heavy atom. The molecule has 5 atom stereocenters. The van der Waals surface area contributed by atoms with Crippen molar-refractivity contribution in [2.45, 2.75) is 29.9 Å². The van der Waals surface area contributed by atoms with E-state index >= 15 is 0 Å². The summed E-state index contributed by atoms with van der Waals surface area (Å²) >= 11 is 0. The van der Waals surface area contributed by atoms with Crippen LogP contribution in [0.3, 0.4) is 0 Å². The molecule has 1 unspecified atom stereocenters. The largest absolute Gasteiger partial charge is 0.393 e. The van der Waals surface area contributed by atoms with Gasteiger partial charge in [-0.05, 0) is 6.08 Å². The minimum Gasteiger partial charge on any atom is -0.393 e. The third kappa shape index (κ3) is 2.06. The van der Waals surface area contributed by atoms with Gasteiger partial charge in [0.15, 0.2) is 5.60 Å². The molecule has 10 heteroatoms. The number of rotatable bonds is 3. The second-order valence-electron chi connectivity index (χ2n) is 4.78. The van der Waals surface area contributed by atoms with Crippen molar-refractivity contribution in [2.24, 2.45) is 10.7 Å². The Morgan fingerprint density at radius 1 is 1.48 bits per heavy atom. The number of alkyl halides is 1. The highest BCUT2D eigenvalue weighted by atomic mass is 19.1. The van der Waals surface area contributed by atoms with E-state index in [-0.39, 0.29) is 5.84 Å². The van der Waals surface area contributed by atoms with Crippen LogP contribution in [0.25, 0.3) is 0 Å². The summed E-state index contributed by atoms with van der Waals surface area (Å²) in [6.45, 7) is -2.31. The molecule has 0 aromatic rings. The van der Waals surface area contributed by atoms with Gasteiger partial charge in [0.25, 0.3) is 5.72 Å². The lowest BCUT2D eigenvalue weighted by Crippen LogP contribution is -2.58. The molecule has 6 N–H and O–H groups in total. The molecule has 9 nitrogen and oxygen atoms in total. The number of aliphatic imine (C=N–C) groups is 1. The van der Waals surface area contributed by atoms with E-state index in [1.807, 2.05) is 0 Å². The topological polar surface area (TPSA) is 156 Å². The predicted octanol–water partition coefficient (Wildman–Crippen LogP) is -2.88. The monoisotopic (exact) mass is 302 g/mol. The van der Waals surface area contributed by atoms with Crippen LogP contribution in [0, 0.1) is 11.3 Å². The lowest BCUT2D eigenvalue weighted by molar-refractivity contribution is -0.208.